The summed E-state index contributed by atoms with van der Waals surface area (Å²) < 4.78 is 0. The standard InChI is InChI=1S/C17H17ClO/c18-14-6-3-4-12(10-14)11-17(19)16-9-8-13-5-1-2-7-15(13)16/h1-7,10,16-17,19H,8-9,11H2. The van der Waals surface area contributed by atoms with Crippen molar-refractivity contribution in [1.29, 1.82) is 0 Å². The first kappa shape index (κ1) is 12.7. The SMILES string of the molecule is OC(Cc1cccc(Cl)c1)C1CCc2ccccc21. The number of aliphatic hydroxyl groups is 1. The first-order valence-electron chi connectivity index (χ1n) is 6.74. The van der Waals surface area contributed by atoms with Gasteiger partial charge in [-0.05, 0) is 48.1 Å². The molecule has 0 radical (unpaired) electrons. The Balaban J connectivity index is 1.77. The van der Waals surface area contributed by atoms with Crippen LogP contribution in [-0.4, -0.2) is 11.2 Å². The van der Waals surface area contributed by atoms with Crippen molar-refractivity contribution in [2.45, 2.75) is 31.3 Å². The lowest BCUT2D eigenvalue weighted by molar-refractivity contribution is 0.143. The normalized spacial score (nSPS) is 19.2. The first-order chi connectivity index (χ1) is 9.24. The van der Waals surface area contributed by atoms with E-state index >= 15 is 0 Å². The van der Waals surface area contributed by atoms with Crippen LogP contribution in [0.2, 0.25) is 5.02 Å². The van der Waals surface area contributed by atoms with Crippen molar-refractivity contribution in [2.75, 3.05) is 0 Å². The van der Waals surface area contributed by atoms with E-state index in [4.69, 9.17) is 11.6 Å². The van der Waals surface area contributed by atoms with Gasteiger partial charge >= 0.3 is 0 Å². The molecule has 98 valence electrons. The molecule has 2 heteroatoms. The highest BCUT2D eigenvalue weighted by molar-refractivity contribution is 6.30. The summed E-state index contributed by atoms with van der Waals surface area (Å²) in [5.41, 5.74) is 3.80. The van der Waals surface area contributed by atoms with Gasteiger partial charge in [0, 0.05) is 10.9 Å². The number of hydrogen-bond donors (Lipinski definition) is 1. The van der Waals surface area contributed by atoms with E-state index in [1.54, 1.807) is 0 Å². The van der Waals surface area contributed by atoms with Gasteiger partial charge in [-0.2, -0.15) is 0 Å². The minimum atomic E-state index is -0.331. The molecule has 0 aliphatic heterocycles. The summed E-state index contributed by atoms with van der Waals surface area (Å²) in [7, 11) is 0. The third kappa shape index (κ3) is 2.68. The molecule has 2 atom stereocenters. The Morgan fingerprint density at radius 3 is 2.84 bits per heavy atom. The van der Waals surface area contributed by atoms with Crippen LogP contribution in [0.15, 0.2) is 48.5 Å². The summed E-state index contributed by atoms with van der Waals surface area (Å²) in [6.07, 6.45) is 2.45. The van der Waals surface area contributed by atoms with Gasteiger partial charge in [-0.25, -0.2) is 0 Å². The molecule has 2 aromatic carbocycles. The molecule has 1 aliphatic rings. The quantitative estimate of drug-likeness (QED) is 0.896. The van der Waals surface area contributed by atoms with Crippen molar-refractivity contribution >= 4 is 11.6 Å². The number of fused-ring (bicyclic) bond motifs is 1. The van der Waals surface area contributed by atoms with Crippen LogP contribution in [0.5, 0.6) is 0 Å². The zero-order chi connectivity index (χ0) is 13.2. The molecule has 3 rings (SSSR count). The monoisotopic (exact) mass is 272 g/mol. The maximum absolute atomic E-state index is 10.5. The fraction of sp³-hybridized carbons (Fsp3) is 0.294. The summed E-state index contributed by atoms with van der Waals surface area (Å²) in [4.78, 5) is 0. The highest BCUT2D eigenvalue weighted by atomic mass is 35.5. The Morgan fingerprint density at radius 2 is 2.00 bits per heavy atom. The second-order valence-electron chi connectivity index (χ2n) is 5.25. The number of halogens is 1. The van der Waals surface area contributed by atoms with E-state index in [1.165, 1.54) is 11.1 Å². The van der Waals surface area contributed by atoms with Gasteiger partial charge in [0.2, 0.25) is 0 Å². The number of hydrogen-bond acceptors (Lipinski definition) is 1. The number of aliphatic hydroxyl groups excluding tert-OH is 1. The summed E-state index contributed by atoms with van der Waals surface area (Å²) in [6, 6.07) is 16.2. The average molecular weight is 273 g/mol. The zero-order valence-corrected chi connectivity index (χ0v) is 11.5. The molecule has 2 unspecified atom stereocenters. The molecule has 1 N–H and O–H groups in total. The highest BCUT2D eigenvalue weighted by Gasteiger charge is 2.28. The number of rotatable bonds is 3. The molecule has 0 saturated carbocycles. The molecule has 0 fully saturated rings. The Hall–Kier alpha value is -1.31. The van der Waals surface area contributed by atoms with Crippen LogP contribution in [0, 0.1) is 0 Å². The van der Waals surface area contributed by atoms with Crippen LogP contribution >= 0.6 is 11.6 Å². The molecule has 0 heterocycles. The third-order valence-corrected chi connectivity index (χ3v) is 4.21. The van der Waals surface area contributed by atoms with Crippen molar-refractivity contribution in [3.63, 3.8) is 0 Å². The van der Waals surface area contributed by atoms with Crippen molar-refractivity contribution < 1.29 is 5.11 Å². The lowest BCUT2D eigenvalue weighted by Crippen LogP contribution is -2.19. The van der Waals surface area contributed by atoms with E-state index in [9.17, 15) is 5.11 Å². The molecule has 1 aliphatic carbocycles. The van der Waals surface area contributed by atoms with Crippen molar-refractivity contribution in [3.05, 3.63) is 70.2 Å². The van der Waals surface area contributed by atoms with E-state index in [2.05, 4.69) is 24.3 Å². The average Bonchev–Trinajstić information content (AvgIpc) is 2.82. The Bertz CT molecular complexity index is 579. The predicted molar refractivity (Wildman–Crippen MR) is 78.7 cm³/mol. The predicted octanol–water partition coefficient (Wildman–Crippen LogP) is 3.97. The Kier molecular flexibility index (Phi) is 3.58. The molecule has 0 amide bonds. The van der Waals surface area contributed by atoms with Gasteiger partial charge in [0.1, 0.15) is 0 Å². The van der Waals surface area contributed by atoms with Crippen LogP contribution in [0.3, 0.4) is 0 Å². The summed E-state index contributed by atoms with van der Waals surface area (Å²) in [6.45, 7) is 0. The smallest absolute Gasteiger partial charge is 0.0649 e. The largest absolute Gasteiger partial charge is 0.392 e. The van der Waals surface area contributed by atoms with Gasteiger partial charge < -0.3 is 5.11 Å². The summed E-state index contributed by atoms with van der Waals surface area (Å²) in [5, 5.41) is 11.2. The van der Waals surface area contributed by atoms with Crippen molar-refractivity contribution in [1.82, 2.24) is 0 Å². The first-order valence-corrected chi connectivity index (χ1v) is 7.12. The van der Waals surface area contributed by atoms with Crippen LogP contribution < -0.4 is 0 Å². The molecule has 0 saturated heterocycles. The van der Waals surface area contributed by atoms with Crippen molar-refractivity contribution in [2.24, 2.45) is 0 Å². The van der Waals surface area contributed by atoms with Gasteiger partial charge in [-0.15, -0.1) is 0 Å². The van der Waals surface area contributed by atoms with Crippen LogP contribution in [0.4, 0.5) is 0 Å². The lowest BCUT2D eigenvalue weighted by atomic mass is 9.91. The maximum Gasteiger partial charge on any atom is 0.0649 e. The molecule has 19 heavy (non-hydrogen) atoms. The van der Waals surface area contributed by atoms with Crippen LogP contribution in [-0.2, 0) is 12.8 Å². The number of benzene rings is 2. The van der Waals surface area contributed by atoms with Crippen molar-refractivity contribution in [3.8, 4) is 0 Å². The molecule has 0 aromatic heterocycles. The lowest BCUT2D eigenvalue weighted by Gasteiger charge is -2.19. The van der Waals surface area contributed by atoms with Crippen LogP contribution in [0.1, 0.15) is 29.0 Å². The number of aryl methyl sites for hydroxylation is 1. The van der Waals surface area contributed by atoms with Gasteiger partial charge in [0.25, 0.3) is 0 Å². The molecule has 2 aromatic rings. The highest BCUT2D eigenvalue weighted by Crippen LogP contribution is 2.36. The minimum Gasteiger partial charge on any atom is -0.392 e. The molecular formula is C17H17ClO. The third-order valence-electron chi connectivity index (χ3n) is 3.98. The van der Waals surface area contributed by atoms with Crippen LogP contribution in [0.25, 0.3) is 0 Å². The Morgan fingerprint density at radius 1 is 1.16 bits per heavy atom. The van der Waals surface area contributed by atoms with Gasteiger partial charge in [-0.3, -0.25) is 0 Å². The summed E-state index contributed by atoms with van der Waals surface area (Å²) >= 11 is 5.99. The second kappa shape index (κ2) is 5.36. The van der Waals surface area contributed by atoms with E-state index in [0.717, 1.165) is 23.4 Å². The topological polar surface area (TPSA) is 20.2 Å². The minimum absolute atomic E-state index is 0.259. The molecular weight excluding hydrogens is 256 g/mol. The zero-order valence-electron chi connectivity index (χ0n) is 10.7. The van der Waals surface area contributed by atoms with E-state index in [0.29, 0.717) is 6.42 Å². The van der Waals surface area contributed by atoms with Gasteiger partial charge in [-0.1, -0.05) is 48.0 Å². The summed E-state index contributed by atoms with van der Waals surface area (Å²) in [5.74, 6) is 0.259. The van der Waals surface area contributed by atoms with E-state index < -0.39 is 0 Å². The Labute approximate surface area is 118 Å². The fourth-order valence-corrected chi connectivity index (χ4v) is 3.25. The molecule has 0 spiro atoms. The van der Waals surface area contributed by atoms with E-state index in [-0.39, 0.29) is 12.0 Å². The van der Waals surface area contributed by atoms with E-state index in [1.807, 2.05) is 24.3 Å². The van der Waals surface area contributed by atoms with Gasteiger partial charge in [0.15, 0.2) is 0 Å². The molecule has 1 nitrogen and oxygen atoms in total. The second-order valence-corrected chi connectivity index (χ2v) is 5.68. The maximum atomic E-state index is 10.5. The fourth-order valence-electron chi connectivity index (χ4n) is 3.04. The van der Waals surface area contributed by atoms with Gasteiger partial charge in [0.05, 0.1) is 6.10 Å². The molecule has 0 bridgehead atoms.